The fourth-order valence-corrected chi connectivity index (χ4v) is 5.21. The lowest BCUT2D eigenvalue weighted by Gasteiger charge is -2.33. The first kappa shape index (κ1) is 26.1. The van der Waals surface area contributed by atoms with E-state index < -0.39 is 0 Å². The van der Waals surface area contributed by atoms with Crippen LogP contribution in [0, 0.1) is 11.7 Å². The summed E-state index contributed by atoms with van der Waals surface area (Å²) in [6.45, 7) is 4.03. The van der Waals surface area contributed by atoms with Crippen LogP contribution in [-0.4, -0.2) is 75.4 Å². The van der Waals surface area contributed by atoms with Gasteiger partial charge in [-0.1, -0.05) is 17.3 Å². The zero-order valence-electron chi connectivity index (χ0n) is 22.6. The third-order valence-electron chi connectivity index (χ3n) is 7.71. The van der Waals surface area contributed by atoms with Crippen LogP contribution < -0.4 is 10.5 Å². The Morgan fingerprint density at radius 1 is 1.02 bits per heavy atom. The van der Waals surface area contributed by atoms with Gasteiger partial charge in [0.05, 0.1) is 23.8 Å². The van der Waals surface area contributed by atoms with E-state index in [1.165, 1.54) is 17.7 Å². The van der Waals surface area contributed by atoms with Gasteiger partial charge in [-0.2, -0.15) is 0 Å². The van der Waals surface area contributed by atoms with E-state index >= 15 is 0 Å². The number of piperazine rings is 1. The summed E-state index contributed by atoms with van der Waals surface area (Å²) in [5, 5.41) is 7.91. The molecule has 6 rings (SSSR count). The molecule has 2 aromatic heterocycles. The molecule has 2 fully saturated rings. The monoisotopic (exact) mass is 540 g/mol. The lowest BCUT2D eigenvalue weighted by atomic mass is 10.1. The van der Waals surface area contributed by atoms with Crippen molar-refractivity contribution in [1.29, 1.82) is 0 Å². The molecule has 0 N–H and O–H groups in total. The number of likely N-dealkylation sites (N-methyl/N-ethyl adjacent to an activating group) is 1. The van der Waals surface area contributed by atoms with Crippen LogP contribution in [0.3, 0.4) is 0 Å². The van der Waals surface area contributed by atoms with Crippen LogP contribution in [0.2, 0.25) is 0 Å². The molecule has 1 saturated heterocycles. The number of hydrogen-bond donors (Lipinski definition) is 0. The Morgan fingerprint density at radius 2 is 1.77 bits per heavy atom. The topological polar surface area (TPSA) is 84.4 Å². The Morgan fingerprint density at radius 3 is 2.50 bits per heavy atom. The van der Waals surface area contributed by atoms with Gasteiger partial charge < -0.3 is 9.80 Å². The maximum atomic E-state index is 13.6. The maximum Gasteiger partial charge on any atom is 0.298 e. The molecule has 10 heteroatoms. The van der Waals surface area contributed by atoms with Gasteiger partial charge in [0.1, 0.15) is 5.82 Å². The zero-order valence-corrected chi connectivity index (χ0v) is 22.6. The zero-order chi connectivity index (χ0) is 27.5. The number of nitrogens with zero attached hydrogens (tertiary/aromatic N) is 8. The van der Waals surface area contributed by atoms with Crippen molar-refractivity contribution in [2.45, 2.75) is 25.2 Å². The predicted molar refractivity (Wildman–Crippen MR) is 153 cm³/mol. The Hall–Kier alpha value is -4.18. The highest BCUT2D eigenvalue weighted by molar-refractivity contribution is 5.67. The summed E-state index contributed by atoms with van der Waals surface area (Å²) < 4.78 is 16.6. The summed E-state index contributed by atoms with van der Waals surface area (Å²) in [6.07, 6.45) is 9.95. The normalized spacial score (nSPS) is 19.4. The largest absolute Gasteiger partial charge is 0.349 e. The van der Waals surface area contributed by atoms with E-state index in [0.29, 0.717) is 24.2 Å². The van der Waals surface area contributed by atoms with Gasteiger partial charge in [0.15, 0.2) is 5.82 Å². The molecule has 3 heterocycles. The molecular formula is C30H33FN8O. The van der Waals surface area contributed by atoms with Crippen molar-refractivity contribution < 1.29 is 4.39 Å². The molecule has 1 aliphatic carbocycles. The van der Waals surface area contributed by atoms with Crippen molar-refractivity contribution in [1.82, 2.24) is 29.4 Å². The molecule has 2 aromatic carbocycles. The number of aromatic nitrogens is 5. The Kier molecular flexibility index (Phi) is 7.50. The van der Waals surface area contributed by atoms with E-state index in [1.54, 1.807) is 21.6 Å². The van der Waals surface area contributed by atoms with Crippen molar-refractivity contribution in [2.24, 2.45) is 10.9 Å². The van der Waals surface area contributed by atoms with E-state index in [0.717, 1.165) is 62.5 Å². The highest BCUT2D eigenvalue weighted by atomic mass is 19.1. The average Bonchev–Trinajstić information content (AvgIpc) is 3.53. The molecule has 1 saturated carbocycles. The molecule has 1 aliphatic heterocycles. The molecule has 9 nitrogen and oxygen atoms in total. The molecule has 2 atom stereocenters. The van der Waals surface area contributed by atoms with Crippen LogP contribution in [0.25, 0.3) is 11.4 Å². The van der Waals surface area contributed by atoms with E-state index in [1.807, 2.05) is 42.6 Å². The number of aryl methyl sites for hydroxylation is 1. The molecule has 0 bridgehead atoms. The second-order valence-corrected chi connectivity index (χ2v) is 10.6. The predicted octanol–water partition coefficient (Wildman–Crippen LogP) is 3.51. The quantitative estimate of drug-likeness (QED) is 0.239. The van der Waals surface area contributed by atoms with Crippen molar-refractivity contribution in [2.75, 3.05) is 44.7 Å². The highest BCUT2D eigenvalue weighted by Gasteiger charge is 2.36. The van der Waals surface area contributed by atoms with Gasteiger partial charge in [0, 0.05) is 56.7 Å². The molecule has 40 heavy (non-hydrogen) atoms. The number of rotatable bonds is 9. The Balaban J connectivity index is 1.16. The van der Waals surface area contributed by atoms with Crippen molar-refractivity contribution >= 4 is 12.0 Å². The average molecular weight is 541 g/mol. The number of halogens is 1. The SMILES string of the molecule is CN1CCN(c2nc(CCCN=CC3C[C@H]3c3ccc(F)cc3)cn(-c3ccc(-n4ccnn4)cc3)c2=O)CC1. The minimum Gasteiger partial charge on any atom is -0.349 e. The summed E-state index contributed by atoms with van der Waals surface area (Å²) >= 11 is 0. The fourth-order valence-electron chi connectivity index (χ4n) is 5.21. The molecule has 0 spiro atoms. The minimum atomic E-state index is -0.200. The van der Waals surface area contributed by atoms with E-state index in [2.05, 4.69) is 38.4 Å². The minimum absolute atomic E-state index is 0.111. The van der Waals surface area contributed by atoms with E-state index in [4.69, 9.17) is 4.98 Å². The van der Waals surface area contributed by atoms with Gasteiger partial charge in [0.2, 0.25) is 0 Å². The molecule has 2 aliphatic rings. The van der Waals surface area contributed by atoms with Crippen molar-refractivity contribution in [3.63, 3.8) is 0 Å². The first-order valence-electron chi connectivity index (χ1n) is 13.8. The number of aliphatic imine (C=N–C) groups is 1. The summed E-state index contributed by atoms with van der Waals surface area (Å²) in [7, 11) is 2.10. The third kappa shape index (κ3) is 5.86. The summed E-state index contributed by atoms with van der Waals surface area (Å²) in [6, 6.07) is 14.5. The van der Waals surface area contributed by atoms with Crippen LogP contribution >= 0.6 is 0 Å². The van der Waals surface area contributed by atoms with Gasteiger partial charge in [0.25, 0.3) is 5.56 Å². The second-order valence-electron chi connectivity index (χ2n) is 10.6. The number of anilines is 1. The summed E-state index contributed by atoms with van der Waals surface area (Å²) in [5.41, 5.74) is 3.60. The molecule has 4 aromatic rings. The number of benzene rings is 2. The van der Waals surface area contributed by atoms with Gasteiger partial charge in [-0.25, -0.2) is 14.1 Å². The van der Waals surface area contributed by atoms with Gasteiger partial charge in [-0.05, 0) is 74.2 Å². The van der Waals surface area contributed by atoms with E-state index in [-0.39, 0.29) is 11.4 Å². The van der Waals surface area contributed by atoms with Gasteiger partial charge in [-0.15, -0.1) is 5.10 Å². The summed E-state index contributed by atoms with van der Waals surface area (Å²) in [5.74, 6) is 1.18. The second kappa shape index (κ2) is 11.5. The highest BCUT2D eigenvalue weighted by Crippen LogP contribution is 2.46. The third-order valence-corrected chi connectivity index (χ3v) is 7.71. The number of hydrogen-bond acceptors (Lipinski definition) is 7. The molecule has 206 valence electrons. The molecule has 0 radical (unpaired) electrons. The maximum absolute atomic E-state index is 13.6. The van der Waals surface area contributed by atoms with Crippen molar-refractivity contribution in [3.05, 3.63) is 94.5 Å². The van der Waals surface area contributed by atoms with Crippen LogP contribution in [0.15, 0.2) is 76.9 Å². The lowest BCUT2D eigenvalue weighted by Crippen LogP contribution is -2.47. The van der Waals surface area contributed by atoms with Gasteiger partial charge >= 0.3 is 0 Å². The van der Waals surface area contributed by atoms with Gasteiger partial charge in [-0.3, -0.25) is 14.4 Å². The first-order chi connectivity index (χ1) is 19.5. The lowest BCUT2D eigenvalue weighted by molar-refractivity contribution is 0.311. The molecule has 0 amide bonds. The van der Waals surface area contributed by atoms with Crippen molar-refractivity contribution in [3.8, 4) is 11.4 Å². The Labute approximate surface area is 232 Å². The Bertz CT molecular complexity index is 1510. The first-order valence-corrected chi connectivity index (χ1v) is 13.8. The molecule has 1 unspecified atom stereocenters. The van der Waals surface area contributed by atoms with Crippen LogP contribution in [0.5, 0.6) is 0 Å². The van der Waals surface area contributed by atoms with Crippen LogP contribution in [0.1, 0.15) is 30.0 Å². The molecular weight excluding hydrogens is 507 g/mol. The van der Waals surface area contributed by atoms with E-state index in [9.17, 15) is 9.18 Å². The van der Waals surface area contributed by atoms with Crippen LogP contribution in [-0.2, 0) is 6.42 Å². The van der Waals surface area contributed by atoms with Crippen LogP contribution in [0.4, 0.5) is 10.2 Å². The fraction of sp³-hybridized carbons (Fsp3) is 0.367. The standard InChI is InChI=1S/C30H33FN8O/c1-36-15-17-37(18-16-36)29-30(40)38(26-8-10-27(11-9-26)39-14-13-33-35-39)21-25(34-29)3-2-12-32-20-23-19-28(23)22-4-6-24(31)7-5-22/h4-11,13-14,20-21,23,28H,2-3,12,15-19H2,1H3/t23?,28-/m0/s1. The smallest absolute Gasteiger partial charge is 0.298 e. The summed E-state index contributed by atoms with van der Waals surface area (Å²) in [4.78, 5) is 27.5.